The molecule has 1 amide bonds. The van der Waals surface area contributed by atoms with Gasteiger partial charge in [-0.3, -0.25) is 9.78 Å². The molecule has 3 aromatic heterocycles. The summed E-state index contributed by atoms with van der Waals surface area (Å²) in [6.45, 7) is 3.08. The number of halogens is 1. The molecule has 1 saturated carbocycles. The van der Waals surface area contributed by atoms with Crippen LogP contribution < -0.4 is 10.6 Å². The number of aromatic nitrogens is 4. The van der Waals surface area contributed by atoms with Gasteiger partial charge < -0.3 is 10.6 Å². The lowest BCUT2D eigenvalue weighted by Crippen LogP contribution is -2.28. The summed E-state index contributed by atoms with van der Waals surface area (Å²) in [5.74, 6) is -0.182. The number of aryl methyl sites for hydroxylation is 1. The summed E-state index contributed by atoms with van der Waals surface area (Å²) in [6.07, 6.45) is 10.9. The lowest BCUT2D eigenvalue weighted by atomic mass is 9.95. The van der Waals surface area contributed by atoms with Crippen LogP contribution in [0.1, 0.15) is 55.1 Å². The molecule has 29 heavy (non-hydrogen) atoms. The van der Waals surface area contributed by atoms with Gasteiger partial charge in [-0.25, -0.2) is 9.67 Å². The molecular formula is C21H25ClN6O. The van der Waals surface area contributed by atoms with Crippen LogP contribution in [0.15, 0.2) is 30.7 Å². The minimum atomic E-state index is -0.182. The Morgan fingerprint density at radius 3 is 2.72 bits per heavy atom. The van der Waals surface area contributed by atoms with E-state index >= 15 is 0 Å². The van der Waals surface area contributed by atoms with Gasteiger partial charge in [-0.15, -0.1) is 0 Å². The third-order valence-electron chi connectivity index (χ3n) is 5.38. The number of nitrogens with zero attached hydrogens (tertiary/aromatic N) is 4. The molecule has 4 rings (SSSR count). The van der Waals surface area contributed by atoms with Gasteiger partial charge in [-0.1, -0.05) is 30.9 Å². The minimum Gasteiger partial charge on any atom is -0.381 e. The number of pyridine rings is 2. The molecule has 3 aromatic rings. The molecule has 8 heteroatoms. The Hall–Kier alpha value is -2.67. The van der Waals surface area contributed by atoms with E-state index in [-0.39, 0.29) is 5.91 Å². The zero-order valence-electron chi connectivity index (χ0n) is 16.5. The molecule has 0 bridgehead atoms. The summed E-state index contributed by atoms with van der Waals surface area (Å²) >= 11 is 5.88. The highest BCUT2D eigenvalue weighted by atomic mass is 35.5. The van der Waals surface area contributed by atoms with Gasteiger partial charge in [-0.05, 0) is 31.9 Å². The number of anilines is 1. The molecule has 3 heterocycles. The van der Waals surface area contributed by atoms with Gasteiger partial charge in [-0.2, -0.15) is 5.10 Å². The van der Waals surface area contributed by atoms with E-state index in [9.17, 15) is 4.79 Å². The quantitative estimate of drug-likeness (QED) is 0.634. The molecule has 0 radical (unpaired) electrons. The van der Waals surface area contributed by atoms with E-state index in [1.54, 1.807) is 30.7 Å². The van der Waals surface area contributed by atoms with Crippen molar-refractivity contribution in [2.75, 3.05) is 5.32 Å². The topological polar surface area (TPSA) is 84.7 Å². The fourth-order valence-corrected chi connectivity index (χ4v) is 3.93. The van der Waals surface area contributed by atoms with Gasteiger partial charge in [0.25, 0.3) is 5.91 Å². The van der Waals surface area contributed by atoms with Gasteiger partial charge in [0.15, 0.2) is 5.65 Å². The highest BCUT2D eigenvalue weighted by Crippen LogP contribution is 2.30. The van der Waals surface area contributed by atoms with Gasteiger partial charge in [0.05, 0.1) is 40.1 Å². The van der Waals surface area contributed by atoms with E-state index in [1.165, 1.54) is 19.3 Å². The van der Waals surface area contributed by atoms with Crippen LogP contribution in [-0.4, -0.2) is 31.7 Å². The van der Waals surface area contributed by atoms with Crippen molar-refractivity contribution in [3.8, 4) is 0 Å². The smallest absolute Gasteiger partial charge is 0.255 e. The van der Waals surface area contributed by atoms with Crippen molar-refractivity contribution < 1.29 is 4.79 Å². The van der Waals surface area contributed by atoms with Crippen LogP contribution >= 0.6 is 11.6 Å². The highest BCUT2D eigenvalue weighted by Gasteiger charge is 2.21. The third-order valence-corrected chi connectivity index (χ3v) is 5.61. The number of rotatable bonds is 6. The maximum Gasteiger partial charge on any atom is 0.255 e. The average molecular weight is 413 g/mol. The number of nitrogens with one attached hydrogen (secondary N) is 2. The van der Waals surface area contributed by atoms with E-state index in [0.29, 0.717) is 23.2 Å². The molecule has 0 spiro atoms. The molecule has 1 aliphatic rings. The SMILES string of the molecule is CCn1ncc2c(NC3CCCCC3)c(C(=O)NCc3ccc(Cl)cn3)cnc21. The van der Waals surface area contributed by atoms with Crippen molar-refractivity contribution in [1.29, 1.82) is 0 Å². The minimum absolute atomic E-state index is 0.182. The second-order valence-electron chi connectivity index (χ2n) is 7.37. The fourth-order valence-electron chi connectivity index (χ4n) is 3.81. The molecule has 7 nitrogen and oxygen atoms in total. The number of carbonyl (C=O) groups excluding carboxylic acids is 1. The standard InChI is InChI=1S/C21H25ClN6O/c1-2-28-20-17(13-26-28)19(27-15-6-4-3-5-7-15)18(12-24-20)21(29)25-11-16-9-8-14(22)10-23-16/h8-10,12-13,15H,2-7,11H2,1H3,(H,24,27)(H,25,29). The molecule has 0 unspecified atom stereocenters. The van der Waals surface area contributed by atoms with Crippen LogP contribution in [0.3, 0.4) is 0 Å². The monoisotopic (exact) mass is 412 g/mol. The summed E-state index contributed by atoms with van der Waals surface area (Å²) < 4.78 is 1.85. The summed E-state index contributed by atoms with van der Waals surface area (Å²) in [6, 6.07) is 3.93. The Kier molecular flexibility index (Phi) is 5.94. The van der Waals surface area contributed by atoms with Crippen LogP contribution in [0.4, 0.5) is 5.69 Å². The first-order valence-corrected chi connectivity index (χ1v) is 10.5. The molecule has 1 fully saturated rings. The summed E-state index contributed by atoms with van der Waals surface area (Å²) in [5.41, 5.74) is 2.90. The molecule has 0 aromatic carbocycles. The highest BCUT2D eigenvalue weighted by molar-refractivity contribution is 6.30. The van der Waals surface area contributed by atoms with Crippen LogP contribution in [-0.2, 0) is 13.1 Å². The largest absolute Gasteiger partial charge is 0.381 e. The van der Waals surface area contributed by atoms with Crippen molar-refractivity contribution in [3.63, 3.8) is 0 Å². The van der Waals surface area contributed by atoms with Crippen LogP contribution in [0.5, 0.6) is 0 Å². The molecule has 0 atom stereocenters. The van der Waals surface area contributed by atoms with Crippen molar-refractivity contribution in [1.82, 2.24) is 25.1 Å². The van der Waals surface area contributed by atoms with Gasteiger partial charge >= 0.3 is 0 Å². The van der Waals surface area contributed by atoms with Crippen molar-refractivity contribution in [2.45, 2.75) is 58.2 Å². The Labute approximate surface area is 174 Å². The molecule has 2 N–H and O–H groups in total. The number of carbonyl (C=O) groups is 1. The molecule has 152 valence electrons. The van der Waals surface area contributed by atoms with Crippen LogP contribution in [0, 0.1) is 0 Å². The van der Waals surface area contributed by atoms with E-state index in [4.69, 9.17) is 11.6 Å². The van der Waals surface area contributed by atoms with Gasteiger partial charge in [0, 0.05) is 25.0 Å². The van der Waals surface area contributed by atoms with Crippen molar-refractivity contribution in [3.05, 3.63) is 47.0 Å². The summed E-state index contributed by atoms with van der Waals surface area (Å²) in [5, 5.41) is 12.5. The lowest BCUT2D eigenvalue weighted by molar-refractivity contribution is 0.0951. The average Bonchev–Trinajstić information content (AvgIpc) is 3.18. The first-order valence-electron chi connectivity index (χ1n) is 10.2. The second kappa shape index (κ2) is 8.78. The van der Waals surface area contributed by atoms with E-state index in [0.717, 1.165) is 41.8 Å². The summed E-state index contributed by atoms with van der Waals surface area (Å²) in [7, 11) is 0. The third kappa shape index (κ3) is 4.34. The number of fused-ring (bicyclic) bond motifs is 1. The van der Waals surface area contributed by atoms with Crippen molar-refractivity contribution >= 4 is 34.2 Å². The van der Waals surface area contributed by atoms with E-state index in [1.807, 2.05) is 11.6 Å². The Balaban J connectivity index is 1.61. The zero-order valence-corrected chi connectivity index (χ0v) is 17.2. The van der Waals surface area contributed by atoms with Crippen LogP contribution in [0.25, 0.3) is 11.0 Å². The normalized spacial score (nSPS) is 14.8. The van der Waals surface area contributed by atoms with Gasteiger partial charge in [0.1, 0.15) is 0 Å². The zero-order chi connectivity index (χ0) is 20.2. The molecule has 0 aliphatic heterocycles. The molecular weight excluding hydrogens is 388 g/mol. The van der Waals surface area contributed by atoms with Crippen molar-refractivity contribution in [2.24, 2.45) is 0 Å². The predicted octanol–water partition coefficient (Wildman–Crippen LogP) is 4.17. The van der Waals surface area contributed by atoms with Gasteiger partial charge in [0.2, 0.25) is 0 Å². The summed E-state index contributed by atoms with van der Waals surface area (Å²) in [4.78, 5) is 21.7. The number of hydrogen-bond donors (Lipinski definition) is 2. The number of amides is 1. The Morgan fingerprint density at radius 1 is 1.17 bits per heavy atom. The van der Waals surface area contributed by atoms with E-state index in [2.05, 4.69) is 25.7 Å². The molecule has 0 saturated heterocycles. The predicted molar refractivity (Wildman–Crippen MR) is 114 cm³/mol. The maximum absolute atomic E-state index is 13.0. The number of hydrogen-bond acceptors (Lipinski definition) is 5. The van der Waals surface area contributed by atoms with Crippen LogP contribution in [0.2, 0.25) is 5.02 Å². The maximum atomic E-state index is 13.0. The fraction of sp³-hybridized carbons (Fsp3) is 0.429. The molecule has 1 aliphatic carbocycles. The first-order chi connectivity index (χ1) is 14.2. The van der Waals surface area contributed by atoms with E-state index < -0.39 is 0 Å². The second-order valence-corrected chi connectivity index (χ2v) is 7.81. The lowest BCUT2D eigenvalue weighted by Gasteiger charge is -2.25. The first kappa shape index (κ1) is 19.6. The Morgan fingerprint density at radius 2 is 2.00 bits per heavy atom. The Bertz CT molecular complexity index is 994.